The van der Waals surface area contributed by atoms with Gasteiger partial charge in [0.25, 0.3) is 11.6 Å². The summed E-state index contributed by atoms with van der Waals surface area (Å²) in [5.74, 6) is -0.330. The molecule has 0 aliphatic carbocycles. The fourth-order valence-corrected chi connectivity index (χ4v) is 2.25. The fraction of sp³-hybridized carbons (Fsp3) is 0.300. The van der Waals surface area contributed by atoms with Crippen LogP contribution in [0, 0.1) is 23.0 Å². The van der Waals surface area contributed by atoms with Crippen LogP contribution in [0.2, 0.25) is 0 Å². The summed E-state index contributed by atoms with van der Waals surface area (Å²) in [4.78, 5) is 34.5. The molecule has 2 aromatic carbocycles. The fourth-order valence-electron chi connectivity index (χ4n) is 2.25. The second kappa shape index (κ2) is 9.50. The van der Waals surface area contributed by atoms with Crippen LogP contribution in [0.1, 0.15) is 29.8 Å². The third-order valence-corrected chi connectivity index (χ3v) is 3.63. The van der Waals surface area contributed by atoms with Crippen molar-refractivity contribution in [2.75, 3.05) is 18.5 Å². The molecule has 0 saturated heterocycles. The van der Waals surface area contributed by atoms with Gasteiger partial charge in [-0.2, -0.15) is 0 Å². The third kappa shape index (κ3) is 6.08. The van der Waals surface area contributed by atoms with Crippen molar-refractivity contribution in [2.24, 2.45) is 5.92 Å². The Morgan fingerprint density at radius 1 is 1.14 bits per heavy atom. The van der Waals surface area contributed by atoms with E-state index < -0.39 is 23.4 Å². The van der Waals surface area contributed by atoms with Crippen LogP contribution in [-0.2, 0) is 9.53 Å². The lowest BCUT2D eigenvalue weighted by Crippen LogP contribution is -2.21. The van der Waals surface area contributed by atoms with Crippen molar-refractivity contribution in [3.63, 3.8) is 0 Å². The van der Waals surface area contributed by atoms with Gasteiger partial charge in [0.2, 0.25) is 0 Å². The molecule has 0 fully saturated rings. The number of hydrogen-bond acceptors (Lipinski definition) is 6. The Hall–Kier alpha value is -3.42. The summed E-state index contributed by atoms with van der Waals surface area (Å²) in [5.41, 5.74) is 0.780. The SMILES string of the molecule is Cc1ccc(NC(=O)COC(=O)c2ccc(OCC(C)C)cc2)c([N+](=O)[O-])c1. The smallest absolute Gasteiger partial charge is 0.338 e. The standard InChI is InChI=1S/C20H22N2O6/c1-13(2)11-27-16-7-5-15(6-8-16)20(24)28-12-19(23)21-17-9-4-14(3)10-18(17)22(25)26/h4-10,13H,11-12H2,1-3H3,(H,21,23). The molecule has 28 heavy (non-hydrogen) atoms. The summed E-state index contributed by atoms with van der Waals surface area (Å²) >= 11 is 0. The molecule has 1 N–H and O–H groups in total. The first-order chi connectivity index (χ1) is 13.3. The van der Waals surface area contributed by atoms with Crippen LogP contribution in [0.25, 0.3) is 0 Å². The zero-order valence-corrected chi connectivity index (χ0v) is 15.9. The van der Waals surface area contributed by atoms with E-state index in [0.29, 0.717) is 23.8 Å². The molecule has 0 unspecified atom stereocenters. The second-order valence-corrected chi connectivity index (χ2v) is 6.63. The predicted molar refractivity (Wildman–Crippen MR) is 104 cm³/mol. The van der Waals surface area contributed by atoms with Gasteiger partial charge >= 0.3 is 5.97 Å². The first-order valence-corrected chi connectivity index (χ1v) is 8.71. The maximum Gasteiger partial charge on any atom is 0.338 e. The molecule has 2 aromatic rings. The number of nitro groups is 1. The van der Waals surface area contributed by atoms with Crippen molar-refractivity contribution in [1.82, 2.24) is 0 Å². The van der Waals surface area contributed by atoms with Crippen LogP contribution >= 0.6 is 0 Å². The third-order valence-electron chi connectivity index (χ3n) is 3.63. The minimum atomic E-state index is -0.677. The Kier molecular flexibility index (Phi) is 7.08. The lowest BCUT2D eigenvalue weighted by Gasteiger charge is -2.10. The van der Waals surface area contributed by atoms with Crippen molar-refractivity contribution in [3.05, 3.63) is 63.7 Å². The highest BCUT2D eigenvalue weighted by atomic mass is 16.6. The van der Waals surface area contributed by atoms with E-state index in [2.05, 4.69) is 5.32 Å². The average molecular weight is 386 g/mol. The van der Waals surface area contributed by atoms with Gasteiger partial charge in [0.15, 0.2) is 6.61 Å². The number of ether oxygens (including phenoxy) is 2. The topological polar surface area (TPSA) is 108 Å². The van der Waals surface area contributed by atoms with Gasteiger partial charge in [-0.25, -0.2) is 4.79 Å². The van der Waals surface area contributed by atoms with E-state index in [1.165, 1.54) is 12.1 Å². The molecule has 0 aliphatic heterocycles. The number of carbonyl (C=O) groups is 2. The highest BCUT2D eigenvalue weighted by Crippen LogP contribution is 2.25. The Labute approximate surface area is 162 Å². The van der Waals surface area contributed by atoms with Crippen LogP contribution in [0.3, 0.4) is 0 Å². The number of nitrogens with zero attached hydrogens (tertiary/aromatic N) is 1. The number of amides is 1. The zero-order chi connectivity index (χ0) is 20.7. The van der Waals surface area contributed by atoms with Gasteiger partial charge in [0.1, 0.15) is 11.4 Å². The Morgan fingerprint density at radius 2 is 1.82 bits per heavy atom. The highest BCUT2D eigenvalue weighted by Gasteiger charge is 2.17. The van der Waals surface area contributed by atoms with E-state index in [-0.39, 0.29) is 16.9 Å². The molecule has 0 saturated carbocycles. The molecule has 0 atom stereocenters. The zero-order valence-electron chi connectivity index (χ0n) is 15.9. The molecule has 0 radical (unpaired) electrons. The van der Waals surface area contributed by atoms with Crippen LogP contribution in [-0.4, -0.2) is 30.0 Å². The van der Waals surface area contributed by atoms with E-state index in [9.17, 15) is 19.7 Å². The molecule has 148 valence electrons. The van der Waals surface area contributed by atoms with Crippen molar-refractivity contribution >= 4 is 23.3 Å². The maximum atomic E-state index is 12.0. The number of anilines is 1. The molecule has 0 aromatic heterocycles. The lowest BCUT2D eigenvalue weighted by molar-refractivity contribution is -0.384. The van der Waals surface area contributed by atoms with Crippen molar-refractivity contribution in [3.8, 4) is 5.75 Å². The number of nitrogens with one attached hydrogen (secondary N) is 1. The number of hydrogen-bond donors (Lipinski definition) is 1. The first kappa shape index (κ1) is 20.9. The van der Waals surface area contributed by atoms with Gasteiger partial charge in [-0.15, -0.1) is 0 Å². The molecule has 8 heteroatoms. The summed E-state index contributed by atoms with van der Waals surface area (Å²) in [6.45, 7) is 5.77. The predicted octanol–water partition coefficient (Wildman–Crippen LogP) is 3.73. The van der Waals surface area contributed by atoms with Crippen LogP contribution in [0.4, 0.5) is 11.4 Å². The first-order valence-electron chi connectivity index (χ1n) is 8.71. The molecule has 0 bridgehead atoms. The second-order valence-electron chi connectivity index (χ2n) is 6.63. The number of aryl methyl sites for hydroxylation is 1. The van der Waals surface area contributed by atoms with E-state index in [1.54, 1.807) is 37.3 Å². The molecular weight excluding hydrogens is 364 g/mol. The quantitative estimate of drug-likeness (QED) is 0.421. The van der Waals surface area contributed by atoms with E-state index in [1.807, 2.05) is 13.8 Å². The summed E-state index contributed by atoms with van der Waals surface area (Å²) in [6.07, 6.45) is 0. The monoisotopic (exact) mass is 386 g/mol. The van der Waals surface area contributed by atoms with Gasteiger partial charge in [0, 0.05) is 6.07 Å². The lowest BCUT2D eigenvalue weighted by atomic mass is 10.2. The van der Waals surface area contributed by atoms with Gasteiger partial charge < -0.3 is 14.8 Å². The molecule has 1 amide bonds. The highest BCUT2D eigenvalue weighted by molar-refractivity contribution is 5.96. The van der Waals surface area contributed by atoms with Crippen molar-refractivity contribution in [1.29, 1.82) is 0 Å². The summed E-state index contributed by atoms with van der Waals surface area (Å²) in [6, 6.07) is 10.8. The largest absolute Gasteiger partial charge is 0.493 e. The van der Waals surface area contributed by atoms with E-state index >= 15 is 0 Å². The van der Waals surface area contributed by atoms with E-state index in [0.717, 1.165) is 0 Å². The minimum absolute atomic E-state index is 0.0447. The molecule has 0 spiro atoms. The van der Waals surface area contributed by atoms with Crippen molar-refractivity contribution < 1.29 is 24.0 Å². The molecule has 2 rings (SSSR count). The number of rotatable bonds is 8. The Morgan fingerprint density at radius 3 is 2.43 bits per heavy atom. The van der Waals surface area contributed by atoms with Crippen LogP contribution in [0.5, 0.6) is 5.75 Å². The van der Waals surface area contributed by atoms with Gasteiger partial charge in [-0.05, 0) is 48.7 Å². The molecule has 0 aliphatic rings. The number of carbonyl (C=O) groups excluding carboxylic acids is 2. The Balaban J connectivity index is 1.90. The van der Waals surface area contributed by atoms with Gasteiger partial charge in [0.05, 0.1) is 17.1 Å². The number of nitro benzene ring substituents is 1. The summed E-state index contributed by atoms with van der Waals surface area (Å²) in [7, 11) is 0. The number of esters is 1. The summed E-state index contributed by atoms with van der Waals surface area (Å²) in [5, 5.41) is 13.5. The minimum Gasteiger partial charge on any atom is -0.493 e. The molecule has 8 nitrogen and oxygen atoms in total. The maximum absolute atomic E-state index is 12.0. The molecular formula is C20H22N2O6. The van der Waals surface area contributed by atoms with Crippen LogP contribution < -0.4 is 10.1 Å². The number of benzene rings is 2. The Bertz CT molecular complexity index is 861. The van der Waals surface area contributed by atoms with Crippen LogP contribution in [0.15, 0.2) is 42.5 Å². The van der Waals surface area contributed by atoms with E-state index in [4.69, 9.17) is 9.47 Å². The van der Waals surface area contributed by atoms with Crippen molar-refractivity contribution in [2.45, 2.75) is 20.8 Å². The van der Waals surface area contributed by atoms with Gasteiger partial charge in [-0.3, -0.25) is 14.9 Å². The normalized spacial score (nSPS) is 10.4. The molecule has 0 heterocycles. The average Bonchev–Trinajstić information content (AvgIpc) is 2.66. The summed E-state index contributed by atoms with van der Waals surface area (Å²) < 4.78 is 10.5. The van der Waals surface area contributed by atoms with Gasteiger partial charge in [-0.1, -0.05) is 19.9 Å².